The Morgan fingerprint density at radius 2 is 0.227 bits per heavy atom. The van der Waals surface area contributed by atoms with Crippen molar-refractivity contribution in [3.05, 3.63) is 0 Å². The zero-order valence-electron chi connectivity index (χ0n) is 8.72. The Labute approximate surface area is 132 Å². The second kappa shape index (κ2) is 4.64. The zero-order valence-corrected chi connectivity index (χ0v) is 14.2. The van der Waals surface area contributed by atoms with Crippen LogP contribution >= 0.6 is 23.4 Å². The Morgan fingerprint density at radius 1 is 0.227 bits per heavy atom. The molecule has 0 aliphatic rings. The van der Waals surface area contributed by atoms with Crippen molar-refractivity contribution >= 4 is 23.4 Å². The molecule has 0 heterocycles. The maximum Gasteiger partial charge on any atom is 3.00 e. The summed E-state index contributed by atoms with van der Waals surface area (Å²) >= 11 is 0. The van der Waals surface area contributed by atoms with E-state index in [1.54, 1.807) is 0 Å². The SMILES string of the molecule is F[P-](F)(F)(F)(F)F.F[P-](F)(F)(F)(F)F.F[P-](F)(F)(F)(F)F.[Y+3]. The molecule has 0 radical (unpaired) electrons. The minimum absolute atomic E-state index is 0. The van der Waals surface area contributed by atoms with Gasteiger partial charge in [-0.15, -0.1) is 0 Å². The van der Waals surface area contributed by atoms with Crippen LogP contribution in [0.5, 0.6) is 0 Å². The van der Waals surface area contributed by atoms with E-state index in [4.69, 9.17) is 0 Å². The van der Waals surface area contributed by atoms with Gasteiger partial charge in [0.05, 0.1) is 0 Å². The van der Waals surface area contributed by atoms with Crippen molar-refractivity contribution in [3.8, 4) is 0 Å². The normalized spacial score (nSPS) is 22.1. The molecule has 0 aliphatic heterocycles. The summed E-state index contributed by atoms with van der Waals surface area (Å²) in [6.45, 7) is 0. The first-order chi connectivity index (χ1) is 7.35. The van der Waals surface area contributed by atoms with Gasteiger partial charge in [0.2, 0.25) is 0 Å². The van der Waals surface area contributed by atoms with Crippen molar-refractivity contribution in [1.82, 2.24) is 0 Å². The third kappa shape index (κ3) is 6660. The maximum absolute atomic E-state index is 10.7. The van der Waals surface area contributed by atoms with Crippen LogP contribution in [0.25, 0.3) is 0 Å². The minimum atomic E-state index is -10.7. The largest absolute Gasteiger partial charge is 3.00 e. The minimum Gasteiger partial charge on any atom is 3.00 e. The molecule has 0 nitrogen and oxygen atoms in total. The molecule has 0 aromatic carbocycles. The van der Waals surface area contributed by atoms with Gasteiger partial charge in [0.15, 0.2) is 0 Å². The summed E-state index contributed by atoms with van der Waals surface area (Å²) in [5, 5.41) is 0. The Bertz CT molecular complexity index is 265. The predicted octanol–water partition coefficient (Wildman–Crippen LogP) is 10.1. The summed E-state index contributed by atoms with van der Waals surface area (Å²) in [6.07, 6.45) is 0. The average molecular weight is 524 g/mol. The number of rotatable bonds is 0. The van der Waals surface area contributed by atoms with Crippen LogP contribution in [0.3, 0.4) is 0 Å². The molecule has 0 spiro atoms. The summed E-state index contributed by atoms with van der Waals surface area (Å²) in [5.74, 6) is 0. The Morgan fingerprint density at radius 3 is 0.227 bits per heavy atom. The van der Waals surface area contributed by atoms with Crippen LogP contribution in [0.4, 0.5) is 75.5 Å². The van der Waals surface area contributed by atoms with Crippen molar-refractivity contribution < 1.29 is 108 Å². The first-order valence-electron chi connectivity index (χ1n) is 3.04. The van der Waals surface area contributed by atoms with E-state index in [2.05, 4.69) is 0 Å². The van der Waals surface area contributed by atoms with E-state index in [9.17, 15) is 75.5 Å². The summed E-state index contributed by atoms with van der Waals surface area (Å²) in [5.41, 5.74) is 0. The molecule has 0 bridgehead atoms. The summed E-state index contributed by atoms with van der Waals surface area (Å²) in [4.78, 5) is 0. The Balaban J connectivity index is -0.000000108. The first kappa shape index (κ1) is 31.0. The molecule has 0 unspecified atom stereocenters. The molecule has 0 amide bonds. The first-order valence-corrected chi connectivity index (χ1v) is 9.13. The maximum atomic E-state index is 9.87. The van der Waals surface area contributed by atoms with Crippen molar-refractivity contribution in [1.29, 1.82) is 0 Å². The topological polar surface area (TPSA) is 0 Å². The molecule has 0 atom stereocenters. The molecule has 144 valence electrons. The molecule has 0 saturated heterocycles. The van der Waals surface area contributed by atoms with E-state index in [-0.39, 0.29) is 32.7 Å². The van der Waals surface area contributed by atoms with Crippen LogP contribution in [0.15, 0.2) is 0 Å². The molecule has 22 heavy (non-hydrogen) atoms. The average Bonchev–Trinajstić information content (AvgIpc) is 1.19. The smallest absolute Gasteiger partial charge is 3.00 e. The Kier molecular flexibility index (Phi) is 6.54. The predicted molar refractivity (Wildman–Crippen MR) is 40.7 cm³/mol. The third-order valence-corrected chi connectivity index (χ3v) is 0. The Hall–Kier alpha value is 1.13. The van der Waals surface area contributed by atoms with Crippen LogP contribution in [0, 0.1) is 0 Å². The van der Waals surface area contributed by atoms with Crippen molar-refractivity contribution in [2.75, 3.05) is 0 Å². The van der Waals surface area contributed by atoms with Crippen molar-refractivity contribution in [2.45, 2.75) is 0 Å². The molecule has 0 aliphatic carbocycles. The van der Waals surface area contributed by atoms with Gasteiger partial charge in [0.1, 0.15) is 0 Å². The summed E-state index contributed by atoms with van der Waals surface area (Å²) < 4.78 is 178. The quantitative estimate of drug-likeness (QED) is 0.219. The van der Waals surface area contributed by atoms with Gasteiger partial charge in [-0.2, -0.15) is 0 Å². The molecule has 0 N–H and O–H groups in total. The van der Waals surface area contributed by atoms with E-state index in [1.165, 1.54) is 0 Å². The van der Waals surface area contributed by atoms with E-state index >= 15 is 0 Å². The monoisotopic (exact) mass is 524 g/mol. The van der Waals surface area contributed by atoms with E-state index in [0.29, 0.717) is 0 Å². The number of hydrogen-bond acceptors (Lipinski definition) is 0. The summed E-state index contributed by atoms with van der Waals surface area (Å²) in [7, 11) is -32.0. The van der Waals surface area contributed by atoms with Crippen LogP contribution in [0.2, 0.25) is 0 Å². The molecule has 22 heteroatoms. The van der Waals surface area contributed by atoms with Gasteiger partial charge in [-0.1, -0.05) is 0 Å². The fraction of sp³-hybridized carbons (Fsp3) is 0. The number of hydrogen-bond donors (Lipinski definition) is 0. The standard InChI is InChI=1S/3F6P.Y/c3*1-7(2,3,4,5)6;/q3*-1;+3. The zero-order chi connectivity index (χ0) is 19.2. The fourth-order valence-electron chi connectivity index (χ4n) is 0. The van der Waals surface area contributed by atoms with Crippen LogP contribution in [0.1, 0.15) is 0 Å². The van der Waals surface area contributed by atoms with Gasteiger partial charge in [-0.25, -0.2) is 0 Å². The summed E-state index contributed by atoms with van der Waals surface area (Å²) in [6, 6.07) is 0. The second-order valence-corrected chi connectivity index (χ2v) is 8.62. The third-order valence-electron chi connectivity index (χ3n) is 0. The van der Waals surface area contributed by atoms with Crippen molar-refractivity contribution in [3.63, 3.8) is 0 Å². The molecule has 0 fully saturated rings. The van der Waals surface area contributed by atoms with Crippen LogP contribution in [-0.2, 0) is 32.7 Å². The molecule has 0 aromatic rings. The van der Waals surface area contributed by atoms with Gasteiger partial charge >= 0.3 is 132 Å². The van der Waals surface area contributed by atoms with Gasteiger partial charge in [0, 0.05) is 0 Å². The molecular weight excluding hydrogens is 524 g/mol. The number of halogens is 18. The van der Waals surface area contributed by atoms with Crippen LogP contribution in [-0.4, -0.2) is 0 Å². The van der Waals surface area contributed by atoms with Crippen molar-refractivity contribution in [2.24, 2.45) is 0 Å². The molecular formula is F18P3Y. The molecule has 0 rings (SSSR count). The van der Waals surface area contributed by atoms with E-state index in [0.717, 1.165) is 0 Å². The van der Waals surface area contributed by atoms with Gasteiger partial charge < -0.3 is 0 Å². The van der Waals surface area contributed by atoms with E-state index < -0.39 is 23.4 Å². The van der Waals surface area contributed by atoms with Gasteiger partial charge in [-0.3, -0.25) is 0 Å². The van der Waals surface area contributed by atoms with Gasteiger partial charge in [0.25, 0.3) is 0 Å². The van der Waals surface area contributed by atoms with Gasteiger partial charge in [-0.05, 0) is 0 Å². The molecule has 0 saturated carbocycles. The van der Waals surface area contributed by atoms with E-state index in [1.807, 2.05) is 0 Å². The molecule has 0 aromatic heterocycles. The van der Waals surface area contributed by atoms with Crippen LogP contribution < -0.4 is 0 Å². The second-order valence-electron chi connectivity index (χ2n) is 2.87. The fourth-order valence-corrected chi connectivity index (χ4v) is 0.